The quantitative estimate of drug-likeness (QED) is 0.654. The van der Waals surface area contributed by atoms with Gasteiger partial charge in [-0.3, -0.25) is 14.6 Å². The van der Waals surface area contributed by atoms with E-state index >= 15 is 0 Å². The topological polar surface area (TPSA) is 23.6 Å². The van der Waals surface area contributed by atoms with Gasteiger partial charge in [-0.2, -0.15) is 0 Å². The molecule has 1 aliphatic carbocycles. The predicted molar refractivity (Wildman–Crippen MR) is 70.2 cm³/mol. The fraction of sp³-hybridized carbons (Fsp3) is 0.933. The SMILES string of the molecule is O=C1CC[C@H]2[C@@H](CCN3[C@@H]2CCN2CCC[C@H]23)C1. The maximum Gasteiger partial charge on any atom is 0.133 e. The summed E-state index contributed by atoms with van der Waals surface area (Å²) in [5.74, 6) is 2.09. The first-order valence-corrected chi connectivity index (χ1v) is 7.84. The third-order valence-electron chi connectivity index (χ3n) is 5.95. The summed E-state index contributed by atoms with van der Waals surface area (Å²) in [7, 11) is 0. The minimum Gasteiger partial charge on any atom is -0.300 e. The molecule has 100 valence electrons. The zero-order chi connectivity index (χ0) is 12.1. The van der Waals surface area contributed by atoms with E-state index in [1.807, 2.05) is 0 Å². The zero-order valence-electron chi connectivity index (χ0n) is 11.2. The molecule has 0 aromatic carbocycles. The van der Waals surface area contributed by atoms with E-state index in [9.17, 15) is 4.79 Å². The molecular formula is C15H24N2O. The molecule has 3 aliphatic heterocycles. The predicted octanol–water partition coefficient (Wildman–Crippen LogP) is 1.87. The van der Waals surface area contributed by atoms with E-state index in [0.29, 0.717) is 5.78 Å². The van der Waals surface area contributed by atoms with Crippen molar-refractivity contribution in [3.63, 3.8) is 0 Å². The number of fused-ring (bicyclic) bond motifs is 5. The Kier molecular flexibility index (Phi) is 2.73. The Morgan fingerprint density at radius 2 is 1.94 bits per heavy atom. The second kappa shape index (κ2) is 4.31. The second-order valence-electron chi connectivity index (χ2n) is 6.75. The fourth-order valence-corrected chi connectivity index (χ4v) is 5.15. The van der Waals surface area contributed by atoms with Crippen molar-refractivity contribution < 1.29 is 4.79 Å². The van der Waals surface area contributed by atoms with Gasteiger partial charge in [0.05, 0.1) is 6.17 Å². The summed E-state index contributed by atoms with van der Waals surface area (Å²) in [6.45, 7) is 3.88. The summed E-state index contributed by atoms with van der Waals surface area (Å²) in [6.07, 6.45) is 9.08. The third-order valence-corrected chi connectivity index (χ3v) is 5.95. The summed E-state index contributed by atoms with van der Waals surface area (Å²) in [4.78, 5) is 17.2. The molecule has 4 rings (SSSR count). The van der Waals surface area contributed by atoms with Crippen LogP contribution in [0.25, 0.3) is 0 Å². The number of hydrogen-bond acceptors (Lipinski definition) is 3. The number of ketones is 1. The molecule has 0 N–H and O–H groups in total. The van der Waals surface area contributed by atoms with Gasteiger partial charge in [-0.1, -0.05) is 0 Å². The van der Waals surface area contributed by atoms with Crippen LogP contribution in [0.5, 0.6) is 0 Å². The van der Waals surface area contributed by atoms with Gasteiger partial charge in [0.1, 0.15) is 5.78 Å². The van der Waals surface area contributed by atoms with E-state index in [2.05, 4.69) is 9.80 Å². The highest BCUT2D eigenvalue weighted by atomic mass is 16.1. The molecule has 3 heterocycles. The molecule has 0 bridgehead atoms. The molecule has 0 radical (unpaired) electrons. The standard InChI is InChI=1S/C15H24N2O/c18-12-3-4-13-11(10-12)5-9-17-14(13)6-8-16-7-1-2-15(16)17/h11,13-15H,1-10H2/t11-,13-,14+,15+/m0/s1. The van der Waals surface area contributed by atoms with Gasteiger partial charge in [0.15, 0.2) is 0 Å². The highest BCUT2D eigenvalue weighted by Crippen LogP contribution is 2.43. The van der Waals surface area contributed by atoms with Crippen LogP contribution < -0.4 is 0 Å². The van der Waals surface area contributed by atoms with Gasteiger partial charge in [0, 0.05) is 32.0 Å². The Morgan fingerprint density at radius 3 is 2.89 bits per heavy atom. The monoisotopic (exact) mass is 248 g/mol. The lowest BCUT2D eigenvalue weighted by molar-refractivity contribution is -0.128. The van der Waals surface area contributed by atoms with Crippen LogP contribution in [-0.2, 0) is 4.79 Å². The van der Waals surface area contributed by atoms with Crippen molar-refractivity contribution in [2.75, 3.05) is 19.6 Å². The Labute approximate surface area is 110 Å². The summed E-state index contributed by atoms with van der Waals surface area (Å²) < 4.78 is 0. The number of hydrogen-bond donors (Lipinski definition) is 0. The Bertz CT molecular complexity index is 356. The van der Waals surface area contributed by atoms with Crippen molar-refractivity contribution in [2.45, 2.75) is 57.2 Å². The van der Waals surface area contributed by atoms with Crippen LogP contribution in [0.3, 0.4) is 0 Å². The van der Waals surface area contributed by atoms with Crippen LogP contribution in [0.4, 0.5) is 0 Å². The highest BCUT2D eigenvalue weighted by molar-refractivity contribution is 5.79. The first kappa shape index (κ1) is 11.4. The lowest BCUT2D eigenvalue weighted by Gasteiger charge is -2.54. The number of piperidine rings is 1. The van der Waals surface area contributed by atoms with Crippen LogP contribution in [0.15, 0.2) is 0 Å². The first-order chi connectivity index (χ1) is 8.83. The van der Waals surface area contributed by atoms with Crippen molar-refractivity contribution in [2.24, 2.45) is 11.8 Å². The maximum atomic E-state index is 11.6. The Balaban J connectivity index is 1.55. The molecular weight excluding hydrogens is 224 g/mol. The summed E-state index contributed by atoms with van der Waals surface area (Å²) >= 11 is 0. The van der Waals surface area contributed by atoms with E-state index in [1.165, 1.54) is 51.7 Å². The smallest absolute Gasteiger partial charge is 0.133 e. The molecule has 3 saturated heterocycles. The van der Waals surface area contributed by atoms with Gasteiger partial charge in [-0.25, -0.2) is 0 Å². The second-order valence-corrected chi connectivity index (χ2v) is 6.75. The summed E-state index contributed by atoms with van der Waals surface area (Å²) in [5, 5.41) is 0. The van der Waals surface area contributed by atoms with E-state index in [0.717, 1.165) is 36.9 Å². The molecule has 3 nitrogen and oxygen atoms in total. The molecule has 0 amide bonds. The van der Waals surface area contributed by atoms with Crippen LogP contribution in [0.2, 0.25) is 0 Å². The Morgan fingerprint density at radius 1 is 1.00 bits per heavy atom. The van der Waals surface area contributed by atoms with E-state index < -0.39 is 0 Å². The average Bonchev–Trinajstić information content (AvgIpc) is 2.86. The molecule has 0 aromatic rings. The molecule has 3 heteroatoms. The van der Waals surface area contributed by atoms with Crippen LogP contribution in [0, 0.1) is 11.8 Å². The molecule has 4 fully saturated rings. The van der Waals surface area contributed by atoms with Crippen molar-refractivity contribution in [3.8, 4) is 0 Å². The number of carbonyl (C=O) groups is 1. The largest absolute Gasteiger partial charge is 0.300 e. The molecule has 4 aliphatic rings. The summed E-state index contributed by atoms with van der Waals surface area (Å²) in [5.41, 5.74) is 0. The third kappa shape index (κ3) is 1.67. The molecule has 0 spiro atoms. The van der Waals surface area contributed by atoms with E-state index in [1.54, 1.807) is 0 Å². The van der Waals surface area contributed by atoms with Gasteiger partial charge in [-0.15, -0.1) is 0 Å². The first-order valence-electron chi connectivity index (χ1n) is 7.84. The normalized spacial score (nSPS) is 45.4. The van der Waals surface area contributed by atoms with Gasteiger partial charge < -0.3 is 0 Å². The molecule has 4 atom stereocenters. The van der Waals surface area contributed by atoms with Crippen molar-refractivity contribution in [1.82, 2.24) is 9.80 Å². The van der Waals surface area contributed by atoms with Gasteiger partial charge >= 0.3 is 0 Å². The van der Waals surface area contributed by atoms with Gasteiger partial charge in [0.2, 0.25) is 0 Å². The van der Waals surface area contributed by atoms with Crippen molar-refractivity contribution >= 4 is 5.78 Å². The minimum atomic E-state index is 0.531. The molecule has 18 heavy (non-hydrogen) atoms. The van der Waals surface area contributed by atoms with Crippen LogP contribution in [0.1, 0.15) is 44.9 Å². The minimum absolute atomic E-state index is 0.531. The van der Waals surface area contributed by atoms with Crippen molar-refractivity contribution in [1.29, 1.82) is 0 Å². The molecule has 0 aromatic heterocycles. The lowest BCUT2D eigenvalue weighted by Crippen LogP contribution is -2.61. The number of carbonyl (C=O) groups excluding carboxylic acids is 1. The van der Waals surface area contributed by atoms with E-state index in [-0.39, 0.29) is 0 Å². The fourth-order valence-electron chi connectivity index (χ4n) is 5.15. The van der Waals surface area contributed by atoms with Crippen molar-refractivity contribution in [3.05, 3.63) is 0 Å². The molecule has 1 saturated carbocycles. The van der Waals surface area contributed by atoms with E-state index in [4.69, 9.17) is 0 Å². The highest BCUT2D eigenvalue weighted by Gasteiger charge is 2.47. The summed E-state index contributed by atoms with van der Waals surface area (Å²) in [6, 6.07) is 0.802. The van der Waals surface area contributed by atoms with Gasteiger partial charge in [-0.05, 0) is 50.5 Å². The van der Waals surface area contributed by atoms with Crippen LogP contribution >= 0.6 is 0 Å². The average molecular weight is 248 g/mol. The maximum absolute atomic E-state index is 11.6. The van der Waals surface area contributed by atoms with Gasteiger partial charge in [0.25, 0.3) is 0 Å². The number of nitrogens with zero attached hydrogens (tertiary/aromatic N) is 2. The number of rotatable bonds is 0. The zero-order valence-corrected chi connectivity index (χ0v) is 11.2. The van der Waals surface area contributed by atoms with Crippen LogP contribution in [-0.4, -0.2) is 47.4 Å². The number of Topliss-reactive ketones (excluding diaryl/α,β-unsaturated/α-hetero) is 1. The Hall–Kier alpha value is -0.410. The lowest BCUT2D eigenvalue weighted by atomic mass is 9.69. The molecule has 0 unspecified atom stereocenters.